The number of aromatic amines is 1. The highest BCUT2D eigenvalue weighted by atomic mass is 32.2. The molecule has 0 amide bonds. The Balaban J connectivity index is 2.64. The Bertz CT molecular complexity index is 249. The molecule has 1 aromatic rings. The van der Waals surface area contributed by atoms with Crippen molar-refractivity contribution in [2.24, 2.45) is 0 Å². The Morgan fingerprint density at radius 2 is 2.08 bits per heavy atom. The summed E-state index contributed by atoms with van der Waals surface area (Å²) in [5, 5.41) is 6.32. The van der Waals surface area contributed by atoms with E-state index in [1.54, 1.807) is 0 Å². The van der Waals surface area contributed by atoms with Crippen LogP contribution in [0.1, 0.15) is 25.6 Å². The number of alkyl halides is 2. The summed E-state index contributed by atoms with van der Waals surface area (Å²) in [6.07, 6.45) is 0. The van der Waals surface area contributed by atoms with E-state index in [2.05, 4.69) is 15.2 Å². The summed E-state index contributed by atoms with van der Waals surface area (Å²) in [6, 6.07) is 0. The Kier molecular flexibility index (Phi) is 3.02. The van der Waals surface area contributed by atoms with Gasteiger partial charge >= 0.3 is 0 Å². The molecule has 0 bridgehead atoms. The second kappa shape index (κ2) is 3.84. The molecule has 3 nitrogen and oxygen atoms in total. The molecule has 0 aromatic carbocycles. The van der Waals surface area contributed by atoms with E-state index in [0.717, 1.165) is 0 Å². The minimum atomic E-state index is -2.46. The normalized spacial score (nSPS) is 11.5. The summed E-state index contributed by atoms with van der Waals surface area (Å²) in [7, 11) is 0. The highest BCUT2D eigenvalue weighted by Crippen LogP contribution is 2.22. The fourth-order valence-electron chi connectivity index (χ4n) is 0.649. The molecule has 0 saturated carbocycles. The van der Waals surface area contributed by atoms with E-state index in [1.807, 2.05) is 13.8 Å². The fourth-order valence-corrected chi connectivity index (χ4v) is 1.06. The Labute approximate surface area is 73.0 Å². The van der Waals surface area contributed by atoms with E-state index >= 15 is 0 Å². The van der Waals surface area contributed by atoms with Gasteiger partial charge < -0.3 is 0 Å². The Morgan fingerprint density at radius 3 is 2.50 bits per heavy atom. The van der Waals surface area contributed by atoms with Crippen molar-refractivity contribution in [3.8, 4) is 0 Å². The molecule has 1 heterocycles. The molecule has 68 valence electrons. The molecule has 6 heteroatoms. The number of aromatic nitrogens is 3. The maximum Gasteiger partial charge on any atom is 0.291 e. The maximum absolute atomic E-state index is 11.8. The monoisotopic (exact) mass is 193 g/mol. The summed E-state index contributed by atoms with van der Waals surface area (Å²) in [5.74, 6) is -1.64. The first-order valence-corrected chi connectivity index (χ1v) is 4.34. The molecule has 0 aliphatic carbocycles. The van der Waals surface area contributed by atoms with Gasteiger partial charge in [0.15, 0.2) is 0 Å². The van der Waals surface area contributed by atoms with Gasteiger partial charge in [-0.25, -0.2) is 4.98 Å². The van der Waals surface area contributed by atoms with Gasteiger partial charge in [0.05, 0.1) is 0 Å². The van der Waals surface area contributed by atoms with Gasteiger partial charge in [-0.2, -0.15) is 8.78 Å². The second-order valence-corrected chi connectivity index (χ2v) is 3.49. The van der Waals surface area contributed by atoms with Crippen molar-refractivity contribution in [1.29, 1.82) is 0 Å². The summed E-state index contributed by atoms with van der Waals surface area (Å²) < 4.78 is 23.6. The summed E-state index contributed by atoms with van der Waals surface area (Å²) >= 11 is 0.350. The van der Waals surface area contributed by atoms with Crippen molar-refractivity contribution >= 4 is 11.8 Å². The Morgan fingerprint density at radius 1 is 1.42 bits per heavy atom. The van der Waals surface area contributed by atoms with Crippen LogP contribution in [-0.2, 0) is 0 Å². The van der Waals surface area contributed by atoms with Crippen LogP contribution in [-0.4, -0.2) is 20.9 Å². The van der Waals surface area contributed by atoms with Crippen LogP contribution in [0.5, 0.6) is 0 Å². The third-order valence-electron chi connectivity index (χ3n) is 1.22. The average Bonchev–Trinajstić information content (AvgIpc) is 2.34. The predicted molar refractivity (Wildman–Crippen MR) is 42.3 cm³/mol. The van der Waals surface area contributed by atoms with Crippen molar-refractivity contribution in [2.75, 3.05) is 0 Å². The fraction of sp³-hybridized carbons (Fsp3) is 0.667. The quantitative estimate of drug-likeness (QED) is 0.748. The van der Waals surface area contributed by atoms with E-state index in [9.17, 15) is 8.78 Å². The van der Waals surface area contributed by atoms with Gasteiger partial charge in [-0.1, -0.05) is 13.8 Å². The molecule has 0 unspecified atom stereocenters. The van der Waals surface area contributed by atoms with Gasteiger partial charge in [0.1, 0.15) is 5.82 Å². The lowest BCUT2D eigenvalue weighted by atomic mass is 10.2. The second-order valence-electron chi connectivity index (χ2n) is 2.54. The molecule has 0 aliphatic heterocycles. The van der Waals surface area contributed by atoms with Gasteiger partial charge in [-0.05, 0) is 11.8 Å². The molecule has 1 N–H and O–H groups in total. The molecule has 0 atom stereocenters. The van der Waals surface area contributed by atoms with E-state index in [4.69, 9.17) is 0 Å². The van der Waals surface area contributed by atoms with Crippen LogP contribution in [0, 0.1) is 0 Å². The van der Waals surface area contributed by atoms with Crippen LogP contribution >= 0.6 is 11.8 Å². The zero-order valence-corrected chi connectivity index (χ0v) is 7.53. The summed E-state index contributed by atoms with van der Waals surface area (Å²) in [5.41, 5.74) is 0. The molecule has 0 fully saturated rings. The zero-order valence-electron chi connectivity index (χ0n) is 6.71. The number of nitrogens with zero attached hydrogens (tertiary/aromatic N) is 2. The van der Waals surface area contributed by atoms with Gasteiger partial charge in [0.2, 0.25) is 5.16 Å². The number of H-pyrrole nitrogens is 1. The molecule has 1 rings (SSSR count). The maximum atomic E-state index is 11.8. The molecule has 0 spiro atoms. The molecular weight excluding hydrogens is 184 g/mol. The number of rotatable bonds is 3. The molecule has 1 aromatic heterocycles. The minimum Gasteiger partial charge on any atom is -0.262 e. The van der Waals surface area contributed by atoms with E-state index in [1.165, 1.54) is 0 Å². The first-order valence-electron chi connectivity index (χ1n) is 3.46. The predicted octanol–water partition coefficient (Wildman–Crippen LogP) is 2.24. The van der Waals surface area contributed by atoms with E-state index < -0.39 is 5.76 Å². The van der Waals surface area contributed by atoms with Crippen LogP contribution in [0.25, 0.3) is 0 Å². The van der Waals surface area contributed by atoms with Gasteiger partial charge in [0.25, 0.3) is 5.76 Å². The zero-order chi connectivity index (χ0) is 9.14. The van der Waals surface area contributed by atoms with E-state index in [0.29, 0.717) is 17.6 Å². The van der Waals surface area contributed by atoms with Crippen LogP contribution in [0.2, 0.25) is 0 Å². The first-order chi connectivity index (χ1) is 5.59. The summed E-state index contributed by atoms with van der Waals surface area (Å²) in [6.45, 7) is 3.83. The molecular formula is C6H9F2N3S. The smallest absolute Gasteiger partial charge is 0.262 e. The van der Waals surface area contributed by atoms with Crippen molar-refractivity contribution in [2.45, 2.75) is 30.7 Å². The summed E-state index contributed by atoms with van der Waals surface area (Å²) in [4.78, 5) is 3.87. The number of nitrogens with one attached hydrogen (secondary N) is 1. The van der Waals surface area contributed by atoms with Crippen molar-refractivity contribution < 1.29 is 8.78 Å². The van der Waals surface area contributed by atoms with Gasteiger partial charge in [-0.15, -0.1) is 5.10 Å². The number of thioether (sulfide) groups is 1. The van der Waals surface area contributed by atoms with Crippen LogP contribution in [0.3, 0.4) is 0 Å². The van der Waals surface area contributed by atoms with Crippen LogP contribution in [0.15, 0.2) is 5.16 Å². The van der Waals surface area contributed by atoms with Crippen LogP contribution in [0.4, 0.5) is 8.78 Å². The van der Waals surface area contributed by atoms with Crippen LogP contribution < -0.4 is 0 Å². The van der Waals surface area contributed by atoms with Gasteiger partial charge in [0, 0.05) is 5.92 Å². The number of halogens is 2. The number of hydrogen-bond acceptors (Lipinski definition) is 3. The highest BCUT2D eigenvalue weighted by Gasteiger charge is 2.11. The molecule has 0 aliphatic rings. The molecule has 0 saturated heterocycles. The van der Waals surface area contributed by atoms with Gasteiger partial charge in [-0.3, -0.25) is 5.10 Å². The minimum absolute atomic E-state index is 0.105. The molecule has 12 heavy (non-hydrogen) atoms. The molecule has 0 radical (unpaired) electrons. The van der Waals surface area contributed by atoms with Crippen molar-refractivity contribution in [1.82, 2.24) is 15.2 Å². The lowest BCUT2D eigenvalue weighted by Gasteiger charge is -1.95. The third-order valence-corrected chi connectivity index (χ3v) is 1.80. The standard InChI is InChI=1S/C6H9F2N3S/c1-3(2)4-9-6(11-10-4)12-5(7)8/h3,5H,1-2H3,(H,9,10,11). The lowest BCUT2D eigenvalue weighted by Crippen LogP contribution is -1.89. The SMILES string of the molecule is CC(C)c1nc(SC(F)F)n[nH]1. The van der Waals surface area contributed by atoms with Crippen molar-refractivity contribution in [3.05, 3.63) is 5.82 Å². The average molecular weight is 193 g/mol. The topological polar surface area (TPSA) is 41.6 Å². The first kappa shape index (κ1) is 9.44. The Hall–Kier alpha value is -0.650. The van der Waals surface area contributed by atoms with Crippen molar-refractivity contribution in [3.63, 3.8) is 0 Å². The van der Waals surface area contributed by atoms with E-state index in [-0.39, 0.29) is 11.1 Å². The largest absolute Gasteiger partial charge is 0.291 e. The highest BCUT2D eigenvalue weighted by molar-refractivity contribution is 7.99. The number of hydrogen-bond donors (Lipinski definition) is 1. The lowest BCUT2D eigenvalue weighted by molar-refractivity contribution is 0.251. The third kappa shape index (κ3) is 2.44.